The molecule has 6 nitrogen and oxygen atoms in total. The number of aromatic nitrogens is 1. The van der Waals surface area contributed by atoms with Crippen LogP contribution in [-0.2, 0) is 11.3 Å². The van der Waals surface area contributed by atoms with Crippen LogP contribution in [0.15, 0.2) is 54.6 Å². The quantitative estimate of drug-likeness (QED) is 0.498. The monoisotopic (exact) mass is 446 g/mol. The summed E-state index contributed by atoms with van der Waals surface area (Å²) in [4.78, 5) is 22.1. The number of para-hydroxylation sites is 1. The molecule has 1 fully saturated rings. The predicted molar refractivity (Wildman–Crippen MR) is 130 cm³/mol. The summed E-state index contributed by atoms with van der Waals surface area (Å²) in [5.41, 5.74) is 8.84. The van der Waals surface area contributed by atoms with Crippen LogP contribution < -0.4 is 10.6 Å². The first-order valence-electron chi connectivity index (χ1n) is 10.7. The van der Waals surface area contributed by atoms with E-state index in [9.17, 15) is 4.79 Å². The lowest BCUT2D eigenvalue weighted by molar-refractivity contribution is -0.0322. The number of nitrogens with two attached hydrogens (primary N) is 1. The largest absolute Gasteiger partial charge is 0.371 e. The van der Waals surface area contributed by atoms with Crippen LogP contribution in [0.3, 0.4) is 0 Å². The van der Waals surface area contributed by atoms with E-state index >= 15 is 0 Å². The fourth-order valence-corrected chi connectivity index (χ4v) is 5.59. The van der Waals surface area contributed by atoms with Gasteiger partial charge in [0, 0.05) is 54.9 Å². The maximum Gasteiger partial charge on any atom is 0.259 e. The number of carbonyl (C=O) groups is 1. The highest BCUT2D eigenvalue weighted by Crippen LogP contribution is 2.38. The number of morpholine rings is 1. The fraction of sp³-hybridized carbons (Fsp3) is 0.280. The van der Waals surface area contributed by atoms with Gasteiger partial charge in [-0.2, -0.15) is 0 Å². The summed E-state index contributed by atoms with van der Waals surface area (Å²) in [5, 5.41) is 2.19. The van der Waals surface area contributed by atoms with Crippen molar-refractivity contribution in [3.8, 4) is 0 Å². The number of amides is 1. The maximum atomic E-state index is 12.2. The van der Waals surface area contributed by atoms with Gasteiger partial charge in [0.15, 0.2) is 0 Å². The zero-order valence-electron chi connectivity index (χ0n) is 18.2. The highest BCUT2D eigenvalue weighted by atomic mass is 32.1. The molecule has 164 valence electrons. The van der Waals surface area contributed by atoms with Crippen molar-refractivity contribution in [2.45, 2.75) is 12.6 Å². The number of primary amides is 1. The van der Waals surface area contributed by atoms with Crippen LogP contribution in [0.2, 0.25) is 0 Å². The van der Waals surface area contributed by atoms with Crippen molar-refractivity contribution in [1.29, 1.82) is 0 Å². The molecule has 0 bridgehead atoms. The Kier molecular flexibility index (Phi) is 5.55. The molecule has 2 aromatic carbocycles. The molecular weight excluding hydrogens is 420 g/mol. The number of hydrogen-bond acceptors (Lipinski definition) is 6. The van der Waals surface area contributed by atoms with Crippen LogP contribution in [0.4, 0.5) is 5.82 Å². The number of ether oxygens (including phenoxy) is 1. The average Bonchev–Trinajstić information content (AvgIpc) is 3.19. The Balaban J connectivity index is 1.47. The second kappa shape index (κ2) is 8.50. The Morgan fingerprint density at radius 2 is 2.00 bits per heavy atom. The van der Waals surface area contributed by atoms with Crippen molar-refractivity contribution >= 4 is 44.1 Å². The van der Waals surface area contributed by atoms with E-state index in [-0.39, 0.29) is 6.10 Å². The van der Waals surface area contributed by atoms with E-state index in [0.717, 1.165) is 45.5 Å². The van der Waals surface area contributed by atoms with Crippen molar-refractivity contribution in [1.82, 2.24) is 9.88 Å². The molecule has 32 heavy (non-hydrogen) atoms. The Bertz CT molecular complexity index is 1300. The molecule has 1 atom stereocenters. The second-order valence-electron chi connectivity index (χ2n) is 8.36. The molecule has 3 heterocycles. The number of hydrogen-bond donors (Lipinski definition) is 1. The third kappa shape index (κ3) is 3.83. The Morgan fingerprint density at radius 1 is 1.22 bits per heavy atom. The molecule has 2 N–H and O–H groups in total. The van der Waals surface area contributed by atoms with Gasteiger partial charge < -0.3 is 15.4 Å². The summed E-state index contributed by atoms with van der Waals surface area (Å²) in [6.45, 7) is 2.88. The van der Waals surface area contributed by atoms with Crippen LogP contribution >= 0.6 is 11.3 Å². The lowest BCUT2D eigenvalue weighted by Crippen LogP contribution is -2.38. The normalized spacial score (nSPS) is 17.1. The number of benzene rings is 2. The van der Waals surface area contributed by atoms with E-state index in [0.29, 0.717) is 18.0 Å². The van der Waals surface area contributed by atoms with Gasteiger partial charge in [-0.15, -0.1) is 11.3 Å². The number of anilines is 1. The molecule has 1 aliphatic rings. The molecule has 2 aromatic heterocycles. The highest BCUT2D eigenvalue weighted by molar-refractivity contribution is 7.21. The fourth-order valence-electron chi connectivity index (χ4n) is 4.48. The first kappa shape index (κ1) is 20.9. The van der Waals surface area contributed by atoms with E-state index in [2.05, 4.69) is 21.9 Å². The maximum absolute atomic E-state index is 12.2. The molecule has 7 heteroatoms. The Hall–Kier alpha value is -3.00. The standard InChI is InChI=1S/C25H26N4O2S/c1-28(2)25-17(13-16-7-3-5-9-19(16)27-25)14-29-11-12-31-20(15-29)22-18-8-4-6-10-21(18)32-23(22)24(26)30/h3-10,13,20H,11-12,14-15H2,1-2H3,(H2,26,30). The van der Waals surface area contributed by atoms with Gasteiger partial charge in [-0.1, -0.05) is 36.4 Å². The van der Waals surface area contributed by atoms with E-state index in [1.165, 1.54) is 16.9 Å². The summed E-state index contributed by atoms with van der Waals surface area (Å²) in [5.74, 6) is 0.584. The van der Waals surface area contributed by atoms with Gasteiger partial charge in [0.25, 0.3) is 5.91 Å². The van der Waals surface area contributed by atoms with Crippen molar-refractivity contribution in [3.63, 3.8) is 0 Å². The molecular formula is C25H26N4O2S. The first-order valence-corrected chi connectivity index (χ1v) is 11.5. The minimum Gasteiger partial charge on any atom is -0.371 e. The lowest BCUT2D eigenvalue weighted by Gasteiger charge is -2.34. The minimum atomic E-state index is -0.393. The summed E-state index contributed by atoms with van der Waals surface area (Å²) in [6, 6.07) is 18.5. The third-order valence-electron chi connectivity index (χ3n) is 5.93. The smallest absolute Gasteiger partial charge is 0.259 e. The molecule has 0 saturated carbocycles. The van der Waals surface area contributed by atoms with Gasteiger partial charge >= 0.3 is 0 Å². The number of fused-ring (bicyclic) bond motifs is 2. The number of thiophene rings is 1. The van der Waals surface area contributed by atoms with E-state index in [4.69, 9.17) is 15.5 Å². The molecule has 1 aliphatic heterocycles. The zero-order chi connectivity index (χ0) is 22.2. The molecule has 4 aromatic rings. The van der Waals surface area contributed by atoms with E-state index in [1.54, 1.807) is 0 Å². The van der Waals surface area contributed by atoms with Gasteiger partial charge in [-0.25, -0.2) is 4.98 Å². The van der Waals surface area contributed by atoms with Crippen molar-refractivity contribution in [3.05, 3.63) is 70.6 Å². The SMILES string of the molecule is CN(C)c1nc2ccccc2cc1CN1CCOC(c2c(C(N)=O)sc3ccccc23)C1. The number of rotatable bonds is 5. The molecule has 1 unspecified atom stereocenters. The Morgan fingerprint density at radius 3 is 2.81 bits per heavy atom. The van der Waals surface area contributed by atoms with Crippen molar-refractivity contribution < 1.29 is 9.53 Å². The number of carbonyl (C=O) groups excluding carboxylic acids is 1. The summed E-state index contributed by atoms with van der Waals surface area (Å²) in [7, 11) is 4.05. The van der Waals surface area contributed by atoms with Crippen LogP contribution in [-0.4, -0.2) is 49.6 Å². The molecule has 0 radical (unpaired) electrons. The molecule has 0 spiro atoms. The van der Waals surface area contributed by atoms with Gasteiger partial charge in [0.2, 0.25) is 0 Å². The highest BCUT2D eigenvalue weighted by Gasteiger charge is 2.29. The van der Waals surface area contributed by atoms with Gasteiger partial charge in [0.1, 0.15) is 5.82 Å². The van der Waals surface area contributed by atoms with Crippen molar-refractivity contribution in [2.75, 3.05) is 38.7 Å². The second-order valence-corrected chi connectivity index (χ2v) is 9.41. The molecule has 5 rings (SSSR count). The topological polar surface area (TPSA) is 71.7 Å². The third-order valence-corrected chi connectivity index (χ3v) is 7.13. The minimum absolute atomic E-state index is 0.196. The van der Waals surface area contributed by atoms with E-state index < -0.39 is 5.91 Å². The van der Waals surface area contributed by atoms with Crippen LogP contribution in [0.1, 0.15) is 26.9 Å². The van der Waals surface area contributed by atoms with Crippen LogP contribution in [0.25, 0.3) is 21.0 Å². The summed E-state index contributed by atoms with van der Waals surface area (Å²) in [6.07, 6.45) is -0.196. The predicted octanol–water partition coefficient (Wildman–Crippen LogP) is 4.19. The molecule has 0 aliphatic carbocycles. The van der Waals surface area contributed by atoms with Crippen molar-refractivity contribution in [2.24, 2.45) is 5.73 Å². The Labute approximate surface area is 191 Å². The van der Waals surface area contributed by atoms with Gasteiger partial charge in [-0.3, -0.25) is 9.69 Å². The lowest BCUT2D eigenvalue weighted by atomic mass is 10.0. The molecule has 1 amide bonds. The van der Waals surface area contributed by atoms with E-state index in [1.807, 2.05) is 56.6 Å². The van der Waals surface area contributed by atoms with Gasteiger partial charge in [0.05, 0.1) is 23.1 Å². The van der Waals surface area contributed by atoms with Crippen LogP contribution in [0.5, 0.6) is 0 Å². The summed E-state index contributed by atoms with van der Waals surface area (Å²) < 4.78 is 7.23. The number of pyridine rings is 1. The zero-order valence-corrected chi connectivity index (χ0v) is 19.1. The van der Waals surface area contributed by atoms with Gasteiger partial charge in [-0.05, 0) is 23.6 Å². The number of nitrogens with zero attached hydrogens (tertiary/aromatic N) is 3. The summed E-state index contributed by atoms with van der Waals surface area (Å²) >= 11 is 1.45. The first-order chi connectivity index (χ1) is 15.5. The average molecular weight is 447 g/mol. The molecule has 1 saturated heterocycles. The van der Waals surface area contributed by atoms with Crippen LogP contribution in [0, 0.1) is 0 Å².